The third kappa shape index (κ3) is 3.33. The first-order valence-corrected chi connectivity index (χ1v) is 4.77. The van der Waals surface area contributed by atoms with Crippen LogP contribution >= 0.6 is 48.8 Å². The summed E-state index contributed by atoms with van der Waals surface area (Å²) < 4.78 is -0.320. The topological polar surface area (TPSA) is 30.0 Å². The van der Waals surface area contributed by atoms with Crippen LogP contribution < -0.4 is 0 Å². The van der Waals surface area contributed by atoms with Gasteiger partial charge >= 0.3 is 0 Å². The molecule has 0 aliphatic heterocycles. The summed E-state index contributed by atoms with van der Waals surface area (Å²) in [5.74, 6) is -0.0156. The van der Waals surface area contributed by atoms with E-state index in [4.69, 9.17) is 0 Å². The van der Waals surface area contributed by atoms with Crippen LogP contribution in [0.2, 0.25) is 0 Å². The van der Waals surface area contributed by atoms with Gasteiger partial charge in [-0.3, -0.25) is 9.78 Å². The van der Waals surface area contributed by atoms with Crippen molar-refractivity contribution in [3.63, 3.8) is 0 Å². The maximum absolute atomic E-state index is 11.2. The van der Waals surface area contributed by atoms with Crippen LogP contribution in [0.4, 0.5) is 0 Å². The highest BCUT2D eigenvalue weighted by Crippen LogP contribution is 2.14. The van der Waals surface area contributed by atoms with Crippen LogP contribution in [0, 0.1) is 0 Å². The van der Waals surface area contributed by atoms with Gasteiger partial charge in [0, 0.05) is 18.0 Å². The van der Waals surface area contributed by atoms with Crippen molar-refractivity contribution in [3.05, 3.63) is 30.1 Å². The number of alkyl halides is 2. The van der Waals surface area contributed by atoms with Gasteiger partial charge in [-0.25, -0.2) is 0 Å². The van der Waals surface area contributed by atoms with Crippen molar-refractivity contribution in [2.75, 3.05) is 0 Å². The second-order valence-corrected chi connectivity index (χ2v) is 4.97. The molecule has 0 aliphatic rings. The lowest BCUT2D eigenvalue weighted by Crippen LogP contribution is -2.06. The molecule has 5 heteroatoms. The lowest BCUT2D eigenvalue weighted by molar-refractivity contribution is 0.101. The number of ketones is 1. The first kappa shape index (κ1) is 12.3. The van der Waals surface area contributed by atoms with E-state index in [1.54, 1.807) is 18.3 Å². The number of hydrogen-bond acceptors (Lipinski definition) is 2. The molecule has 0 bridgehead atoms. The van der Waals surface area contributed by atoms with Gasteiger partial charge < -0.3 is 0 Å². The molecule has 0 aliphatic carbocycles. The lowest BCUT2D eigenvalue weighted by atomic mass is 10.2. The molecule has 12 heavy (non-hydrogen) atoms. The number of pyridine rings is 1. The van der Waals surface area contributed by atoms with Crippen LogP contribution in [-0.4, -0.2) is 14.5 Å². The number of carbonyl (C=O) groups excluding carboxylic acids is 1. The Balaban J connectivity index is 0.00000121. The molecule has 0 amide bonds. The van der Waals surface area contributed by atoms with Gasteiger partial charge in [0.25, 0.3) is 0 Å². The summed E-state index contributed by atoms with van der Waals surface area (Å²) >= 11 is 6.23. The van der Waals surface area contributed by atoms with Gasteiger partial charge in [0.15, 0.2) is 5.78 Å². The molecule has 1 aromatic rings. The van der Waals surface area contributed by atoms with Crippen LogP contribution in [0.1, 0.15) is 10.4 Å². The SMILES string of the molecule is Br.O=C(c1cccnc1)C(Br)Br. The third-order valence-corrected chi connectivity index (χ3v) is 1.98. The number of hydrogen-bond donors (Lipinski definition) is 0. The first-order chi connectivity index (χ1) is 5.22. The maximum atomic E-state index is 11.2. The summed E-state index contributed by atoms with van der Waals surface area (Å²) in [5, 5.41) is 0. The molecule has 2 nitrogen and oxygen atoms in total. The number of carbonyl (C=O) groups is 1. The van der Waals surface area contributed by atoms with E-state index in [1.807, 2.05) is 0 Å². The quantitative estimate of drug-likeness (QED) is 0.600. The molecule has 66 valence electrons. The van der Waals surface area contributed by atoms with E-state index in [0.29, 0.717) is 5.56 Å². The first-order valence-electron chi connectivity index (χ1n) is 2.94. The van der Waals surface area contributed by atoms with Gasteiger partial charge in [0.05, 0.1) is 0 Å². The van der Waals surface area contributed by atoms with Crippen LogP contribution in [-0.2, 0) is 0 Å². The summed E-state index contributed by atoms with van der Waals surface area (Å²) in [7, 11) is 0. The van der Waals surface area contributed by atoms with Crippen LogP contribution in [0.25, 0.3) is 0 Å². The Morgan fingerprint density at radius 2 is 2.17 bits per heavy atom. The minimum absolute atomic E-state index is 0. The van der Waals surface area contributed by atoms with E-state index < -0.39 is 0 Å². The molecule has 0 atom stereocenters. The fourth-order valence-electron chi connectivity index (χ4n) is 0.635. The molecule has 0 saturated carbocycles. The zero-order chi connectivity index (χ0) is 8.27. The zero-order valence-electron chi connectivity index (χ0n) is 5.91. The molecule has 1 heterocycles. The molecule has 0 unspecified atom stereocenters. The summed E-state index contributed by atoms with van der Waals surface area (Å²) in [6, 6.07) is 3.46. The highest BCUT2D eigenvalue weighted by Gasteiger charge is 2.12. The van der Waals surface area contributed by atoms with E-state index in [2.05, 4.69) is 36.8 Å². The van der Waals surface area contributed by atoms with E-state index >= 15 is 0 Å². The molecule has 0 saturated heterocycles. The fraction of sp³-hybridized carbons (Fsp3) is 0.143. The third-order valence-electron chi connectivity index (χ3n) is 1.14. The average molecular weight is 360 g/mol. The summed E-state index contributed by atoms with van der Waals surface area (Å²) in [6.45, 7) is 0. The molecule has 0 spiro atoms. The summed E-state index contributed by atoms with van der Waals surface area (Å²) in [6.07, 6.45) is 3.17. The largest absolute Gasteiger partial charge is 0.292 e. The smallest absolute Gasteiger partial charge is 0.188 e. The van der Waals surface area contributed by atoms with E-state index in [-0.39, 0.29) is 26.5 Å². The van der Waals surface area contributed by atoms with Gasteiger partial charge in [-0.15, -0.1) is 17.0 Å². The standard InChI is InChI=1S/C7H5Br2NO.BrH/c8-7(9)6(11)5-2-1-3-10-4-5;/h1-4,7H;1H. The number of aromatic nitrogens is 1. The molecule has 1 rings (SSSR count). The minimum atomic E-state index is -0.320. The Labute approximate surface area is 97.8 Å². The number of Topliss-reactive ketones (excluding diaryl/α,β-unsaturated/α-hetero) is 1. The van der Waals surface area contributed by atoms with Gasteiger partial charge in [-0.05, 0) is 12.1 Å². The second kappa shape index (κ2) is 5.83. The van der Waals surface area contributed by atoms with Gasteiger partial charge in [0.2, 0.25) is 0 Å². The van der Waals surface area contributed by atoms with Crippen LogP contribution in [0.3, 0.4) is 0 Å². The van der Waals surface area contributed by atoms with E-state index in [1.165, 1.54) is 6.20 Å². The maximum Gasteiger partial charge on any atom is 0.188 e. The molecule has 1 aromatic heterocycles. The predicted molar refractivity (Wildman–Crippen MR) is 60.5 cm³/mol. The van der Waals surface area contributed by atoms with Gasteiger partial charge in [0.1, 0.15) is 3.74 Å². The zero-order valence-corrected chi connectivity index (χ0v) is 10.8. The molecule has 0 aromatic carbocycles. The minimum Gasteiger partial charge on any atom is -0.292 e. The number of halogens is 3. The predicted octanol–water partition coefficient (Wildman–Crippen LogP) is 2.96. The van der Waals surface area contributed by atoms with Crippen LogP contribution in [0.5, 0.6) is 0 Å². The Kier molecular flexibility index (Phi) is 5.96. The van der Waals surface area contributed by atoms with E-state index in [9.17, 15) is 4.79 Å². The van der Waals surface area contributed by atoms with Crippen molar-refractivity contribution < 1.29 is 4.79 Å². The van der Waals surface area contributed by atoms with Crippen molar-refractivity contribution in [3.8, 4) is 0 Å². The summed E-state index contributed by atoms with van der Waals surface area (Å²) in [4.78, 5) is 15.0. The Morgan fingerprint density at radius 1 is 1.50 bits per heavy atom. The highest BCUT2D eigenvalue weighted by atomic mass is 79.9. The van der Waals surface area contributed by atoms with Gasteiger partial charge in [-0.1, -0.05) is 31.9 Å². The van der Waals surface area contributed by atoms with Crippen molar-refractivity contribution >= 4 is 54.6 Å². The van der Waals surface area contributed by atoms with Crippen molar-refractivity contribution in [1.29, 1.82) is 0 Å². The molecule has 0 radical (unpaired) electrons. The van der Waals surface area contributed by atoms with Gasteiger partial charge in [-0.2, -0.15) is 0 Å². The van der Waals surface area contributed by atoms with Crippen molar-refractivity contribution in [1.82, 2.24) is 4.98 Å². The fourth-order valence-corrected chi connectivity index (χ4v) is 1.16. The van der Waals surface area contributed by atoms with E-state index in [0.717, 1.165) is 0 Å². The second-order valence-electron chi connectivity index (χ2n) is 1.91. The Bertz CT molecular complexity index is 250. The van der Waals surface area contributed by atoms with Crippen molar-refractivity contribution in [2.45, 2.75) is 3.74 Å². The molecular formula is C7H6Br3NO. The normalized spacial score (nSPS) is 9.25. The van der Waals surface area contributed by atoms with Crippen molar-refractivity contribution in [2.24, 2.45) is 0 Å². The van der Waals surface area contributed by atoms with Crippen LogP contribution in [0.15, 0.2) is 24.5 Å². The molecule has 0 fully saturated rings. The average Bonchev–Trinajstić information content (AvgIpc) is 2.05. The summed E-state index contributed by atoms with van der Waals surface area (Å²) in [5.41, 5.74) is 0.603. The number of nitrogens with zero attached hydrogens (tertiary/aromatic N) is 1. The number of rotatable bonds is 2. The Morgan fingerprint density at radius 3 is 2.58 bits per heavy atom. The molecular weight excluding hydrogens is 354 g/mol. The Hall–Kier alpha value is 0.260. The lowest BCUT2D eigenvalue weighted by Gasteiger charge is -1.98. The monoisotopic (exact) mass is 357 g/mol. The molecule has 0 N–H and O–H groups in total. The highest BCUT2D eigenvalue weighted by molar-refractivity contribution is 9.25.